The Kier molecular flexibility index (Phi) is 12.7. The summed E-state index contributed by atoms with van der Waals surface area (Å²) in [6.45, 7) is 5.48. The Morgan fingerprint density at radius 2 is 1.86 bits per heavy atom. The van der Waals surface area contributed by atoms with Gasteiger partial charge in [-0.15, -0.1) is 0 Å². The third-order valence-electron chi connectivity index (χ3n) is 1.30. The van der Waals surface area contributed by atoms with E-state index in [9.17, 15) is 13.0 Å². The maximum absolute atomic E-state index is 9.68. The van der Waals surface area contributed by atoms with Crippen molar-refractivity contribution in [3.63, 3.8) is 0 Å². The Morgan fingerprint density at radius 3 is 1.93 bits per heavy atom. The van der Waals surface area contributed by atoms with Crippen LogP contribution in [0.5, 0.6) is 0 Å². The van der Waals surface area contributed by atoms with Crippen molar-refractivity contribution < 1.29 is 47.3 Å². The molecule has 0 atom stereocenters. The van der Waals surface area contributed by atoms with Gasteiger partial charge in [0.05, 0.1) is 23.3 Å². The van der Waals surface area contributed by atoms with Gasteiger partial charge in [-0.05, 0) is 6.42 Å². The van der Waals surface area contributed by atoms with E-state index in [1.165, 1.54) is 0 Å². The van der Waals surface area contributed by atoms with E-state index in [0.29, 0.717) is 6.42 Å². The van der Waals surface area contributed by atoms with Gasteiger partial charge >= 0.3 is 29.6 Å². The minimum atomic E-state index is -3.92. The van der Waals surface area contributed by atoms with Crippen molar-refractivity contribution in [2.45, 2.75) is 13.3 Å². The summed E-state index contributed by atoms with van der Waals surface area (Å²) < 4.78 is 34.0. The molecule has 0 aliphatic carbocycles. The Hall–Kier alpha value is 0.830. The average Bonchev–Trinajstić information content (AvgIpc) is 2.06. The molecule has 7 heteroatoms. The molecule has 0 aromatic rings. The van der Waals surface area contributed by atoms with Gasteiger partial charge in [-0.3, -0.25) is 0 Å². The van der Waals surface area contributed by atoms with Crippen molar-refractivity contribution in [3.8, 4) is 0 Å². The SMILES string of the molecule is C1COCCN1.CCCS(=O)(=O)[O-].[Na+]. The smallest absolute Gasteiger partial charge is 0.748 e. The van der Waals surface area contributed by atoms with Crippen LogP contribution in [0.4, 0.5) is 0 Å². The van der Waals surface area contributed by atoms with Crippen molar-refractivity contribution >= 4 is 10.1 Å². The number of nitrogens with one attached hydrogen (secondary N) is 1. The predicted octanol–water partition coefficient (Wildman–Crippen LogP) is -3.45. The Balaban J connectivity index is 0. The first-order chi connectivity index (χ1) is 6.06. The number of rotatable bonds is 2. The van der Waals surface area contributed by atoms with E-state index in [4.69, 9.17) is 4.74 Å². The van der Waals surface area contributed by atoms with Gasteiger partial charge in [-0.1, -0.05) is 6.92 Å². The summed E-state index contributed by atoms with van der Waals surface area (Å²) in [7, 11) is -3.92. The van der Waals surface area contributed by atoms with E-state index >= 15 is 0 Å². The molecule has 14 heavy (non-hydrogen) atoms. The van der Waals surface area contributed by atoms with Crippen LogP contribution in [-0.2, 0) is 14.9 Å². The standard InChI is InChI=1S/C4H9NO.C3H8O3S.Na/c1-3-6-4-2-5-1;1-2-3-7(4,5)6;/h5H,1-4H2;2-3H2,1H3,(H,4,5,6);/q;;+1/p-1. The number of hydrogen-bond donors (Lipinski definition) is 1. The fourth-order valence-corrected chi connectivity index (χ4v) is 1.27. The molecule has 0 aromatic heterocycles. The van der Waals surface area contributed by atoms with Crippen LogP contribution in [0.25, 0.3) is 0 Å². The van der Waals surface area contributed by atoms with Crippen molar-refractivity contribution in [1.29, 1.82) is 0 Å². The summed E-state index contributed by atoms with van der Waals surface area (Å²) in [6, 6.07) is 0. The second-order valence-corrected chi connectivity index (χ2v) is 4.15. The van der Waals surface area contributed by atoms with Gasteiger partial charge in [-0.2, -0.15) is 0 Å². The fourth-order valence-electron chi connectivity index (χ4n) is 0.766. The monoisotopic (exact) mass is 233 g/mol. The third-order valence-corrected chi connectivity index (χ3v) is 2.21. The van der Waals surface area contributed by atoms with Gasteiger partial charge in [0.25, 0.3) is 0 Å². The average molecular weight is 233 g/mol. The molecule has 1 aliphatic rings. The molecule has 1 rings (SSSR count). The summed E-state index contributed by atoms with van der Waals surface area (Å²) in [4.78, 5) is 0. The molecule has 0 saturated carbocycles. The van der Waals surface area contributed by atoms with Gasteiger partial charge in [0.15, 0.2) is 0 Å². The van der Waals surface area contributed by atoms with Crippen molar-refractivity contribution in [2.75, 3.05) is 32.1 Å². The van der Waals surface area contributed by atoms with Gasteiger partial charge in [0, 0.05) is 18.8 Å². The molecule has 0 bridgehead atoms. The minimum absolute atomic E-state index is 0. The molecular formula is C7H16NNaO4S. The second-order valence-electron chi connectivity index (χ2n) is 2.62. The van der Waals surface area contributed by atoms with Crippen molar-refractivity contribution in [1.82, 2.24) is 5.32 Å². The Bertz CT molecular complexity index is 192. The number of ether oxygens (including phenoxy) is 1. The molecule has 5 nitrogen and oxygen atoms in total. The summed E-state index contributed by atoms with van der Waals surface area (Å²) in [5.74, 6) is -0.243. The molecule has 0 amide bonds. The van der Waals surface area contributed by atoms with E-state index in [0.717, 1.165) is 26.3 Å². The van der Waals surface area contributed by atoms with E-state index in [-0.39, 0.29) is 35.3 Å². The van der Waals surface area contributed by atoms with Crippen LogP contribution in [0.2, 0.25) is 0 Å². The molecule has 0 aromatic carbocycles. The molecule has 0 radical (unpaired) electrons. The molecule has 80 valence electrons. The molecule has 1 N–H and O–H groups in total. The largest absolute Gasteiger partial charge is 1.00 e. The van der Waals surface area contributed by atoms with Crippen molar-refractivity contribution in [2.24, 2.45) is 0 Å². The maximum atomic E-state index is 9.68. The minimum Gasteiger partial charge on any atom is -0.748 e. The summed E-state index contributed by atoms with van der Waals surface area (Å²) in [6.07, 6.45) is 0.409. The van der Waals surface area contributed by atoms with Crippen molar-refractivity contribution in [3.05, 3.63) is 0 Å². The molecular weight excluding hydrogens is 217 g/mol. The molecule has 1 fully saturated rings. The quantitative estimate of drug-likeness (QED) is 0.396. The third kappa shape index (κ3) is 15.3. The van der Waals surface area contributed by atoms with Crippen LogP contribution in [0.15, 0.2) is 0 Å². The van der Waals surface area contributed by atoms with Crippen LogP contribution in [-0.4, -0.2) is 45.0 Å². The van der Waals surface area contributed by atoms with E-state index in [1.54, 1.807) is 6.92 Å². The first-order valence-electron chi connectivity index (χ1n) is 4.28. The Labute approximate surface area is 108 Å². The van der Waals surface area contributed by atoms with E-state index in [2.05, 4.69) is 5.32 Å². The van der Waals surface area contributed by atoms with Crippen LogP contribution < -0.4 is 34.9 Å². The fraction of sp³-hybridized carbons (Fsp3) is 1.00. The van der Waals surface area contributed by atoms with Gasteiger partial charge < -0.3 is 14.6 Å². The molecule has 1 heterocycles. The molecule has 0 spiro atoms. The van der Waals surface area contributed by atoms with Gasteiger partial charge in [0.2, 0.25) is 0 Å². The number of morpholine rings is 1. The zero-order valence-electron chi connectivity index (χ0n) is 8.78. The Morgan fingerprint density at radius 1 is 1.36 bits per heavy atom. The predicted molar refractivity (Wildman–Crippen MR) is 48.5 cm³/mol. The zero-order chi connectivity index (χ0) is 10.2. The van der Waals surface area contributed by atoms with Gasteiger partial charge in [-0.25, -0.2) is 8.42 Å². The molecule has 0 unspecified atom stereocenters. The summed E-state index contributed by atoms with van der Waals surface area (Å²) >= 11 is 0. The summed E-state index contributed by atoms with van der Waals surface area (Å²) in [5.41, 5.74) is 0. The van der Waals surface area contributed by atoms with Gasteiger partial charge in [0.1, 0.15) is 0 Å². The van der Waals surface area contributed by atoms with Crippen LogP contribution in [0.1, 0.15) is 13.3 Å². The van der Waals surface area contributed by atoms with Crippen LogP contribution in [0.3, 0.4) is 0 Å². The van der Waals surface area contributed by atoms with Crippen LogP contribution >= 0.6 is 0 Å². The summed E-state index contributed by atoms with van der Waals surface area (Å²) in [5, 5.41) is 3.16. The molecule has 1 aliphatic heterocycles. The molecule has 1 saturated heterocycles. The van der Waals surface area contributed by atoms with E-state index < -0.39 is 10.1 Å². The normalized spacial score (nSPS) is 16.1. The number of hydrogen-bond acceptors (Lipinski definition) is 5. The maximum Gasteiger partial charge on any atom is 1.00 e. The van der Waals surface area contributed by atoms with Crippen LogP contribution in [0, 0.1) is 0 Å². The zero-order valence-corrected chi connectivity index (χ0v) is 11.6. The first-order valence-corrected chi connectivity index (χ1v) is 5.86. The topological polar surface area (TPSA) is 78.5 Å². The second kappa shape index (κ2) is 10.4. The first kappa shape index (κ1) is 17.2. The van der Waals surface area contributed by atoms with E-state index in [1.807, 2.05) is 0 Å².